The highest BCUT2D eigenvalue weighted by molar-refractivity contribution is 5.76. The minimum absolute atomic E-state index is 0.255. The fourth-order valence-corrected chi connectivity index (χ4v) is 3.02. The molecule has 0 radical (unpaired) electrons. The van der Waals surface area contributed by atoms with E-state index >= 15 is 0 Å². The Hall–Kier alpha value is -1.35. The van der Waals surface area contributed by atoms with Gasteiger partial charge >= 0.3 is 0 Å². The molecule has 0 fully saturated rings. The molecule has 1 aromatic rings. The summed E-state index contributed by atoms with van der Waals surface area (Å²) in [5, 5.41) is 3.55. The van der Waals surface area contributed by atoms with Crippen molar-refractivity contribution in [2.75, 3.05) is 19.6 Å². The molecule has 1 aromatic carbocycles. The van der Waals surface area contributed by atoms with Crippen molar-refractivity contribution < 1.29 is 4.79 Å². The predicted octanol–water partition coefficient (Wildman–Crippen LogP) is 2.83. The van der Waals surface area contributed by atoms with E-state index < -0.39 is 0 Å². The van der Waals surface area contributed by atoms with E-state index in [9.17, 15) is 4.79 Å². The number of benzene rings is 1. The number of nitrogens with zero attached hydrogens (tertiary/aromatic N) is 1. The fourth-order valence-electron chi connectivity index (χ4n) is 3.02. The monoisotopic (exact) mass is 274 g/mol. The zero-order chi connectivity index (χ0) is 14.5. The maximum absolute atomic E-state index is 12.0. The molecule has 0 saturated carbocycles. The third-order valence-corrected chi connectivity index (χ3v) is 4.22. The van der Waals surface area contributed by atoms with Gasteiger partial charge in [-0.05, 0) is 44.7 Å². The van der Waals surface area contributed by atoms with Gasteiger partial charge in [0.15, 0.2) is 0 Å². The van der Waals surface area contributed by atoms with E-state index in [0.29, 0.717) is 12.5 Å². The first-order valence-electron chi connectivity index (χ1n) is 7.76. The summed E-state index contributed by atoms with van der Waals surface area (Å²) < 4.78 is 0. The number of carbonyl (C=O) groups excluding carboxylic acids is 1. The number of hydrogen-bond donors (Lipinski definition) is 1. The number of hydrogen-bond acceptors (Lipinski definition) is 2. The molecule has 0 aliphatic heterocycles. The minimum atomic E-state index is 0.255. The summed E-state index contributed by atoms with van der Waals surface area (Å²) in [6.07, 6.45) is 2.90. The number of rotatable bonds is 6. The van der Waals surface area contributed by atoms with E-state index in [2.05, 4.69) is 30.4 Å². The molecule has 0 spiro atoms. The van der Waals surface area contributed by atoms with Crippen LogP contribution in [0.1, 0.15) is 49.4 Å². The summed E-state index contributed by atoms with van der Waals surface area (Å²) in [5.41, 5.74) is 4.21. The Labute approximate surface area is 122 Å². The van der Waals surface area contributed by atoms with Crippen molar-refractivity contribution in [3.05, 3.63) is 34.9 Å². The first-order valence-corrected chi connectivity index (χ1v) is 7.76. The number of aryl methyl sites for hydroxylation is 2. The van der Waals surface area contributed by atoms with Crippen molar-refractivity contribution >= 4 is 5.91 Å². The first-order chi connectivity index (χ1) is 9.65. The van der Waals surface area contributed by atoms with Gasteiger partial charge in [0.2, 0.25) is 5.91 Å². The Morgan fingerprint density at radius 1 is 1.35 bits per heavy atom. The summed E-state index contributed by atoms with van der Waals surface area (Å²) in [6, 6.07) is 7.14. The average Bonchev–Trinajstić information content (AvgIpc) is 2.83. The Kier molecular flexibility index (Phi) is 5.18. The molecule has 1 N–H and O–H groups in total. The molecule has 0 aromatic heterocycles. The quantitative estimate of drug-likeness (QED) is 0.865. The van der Waals surface area contributed by atoms with Gasteiger partial charge in [0.05, 0.1) is 0 Å². The van der Waals surface area contributed by atoms with Gasteiger partial charge in [-0.2, -0.15) is 0 Å². The maximum Gasteiger partial charge on any atom is 0.223 e. The Morgan fingerprint density at radius 3 is 2.80 bits per heavy atom. The van der Waals surface area contributed by atoms with Gasteiger partial charge in [-0.3, -0.25) is 4.79 Å². The van der Waals surface area contributed by atoms with Crippen LogP contribution in [0.25, 0.3) is 0 Å². The van der Waals surface area contributed by atoms with Gasteiger partial charge in [-0.25, -0.2) is 0 Å². The van der Waals surface area contributed by atoms with Crippen LogP contribution in [0.2, 0.25) is 0 Å². The molecule has 1 atom stereocenters. The normalized spacial score (nSPS) is 17.1. The molecule has 20 heavy (non-hydrogen) atoms. The molecule has 2 rings (SSSR count). The first kappa shape index (κ1) is 15.0. The van der Waals surface area contributed by atoms with E-state index in [1.807, 2.05) is 18.7 Å². The van der Waals surface area contributed by atoms with E-state index in [0.717, 1.165) is 32.5 Å². The van der Waals surface area contributed by atoms with Crippen LogP contribution in [0.4, 0.5) is 0 Å². The van der Waals surface area contributed by atoms with Crippen LogP contribution in [0.15, 0.2) is 18.2 Å². The zero-order valence-electron chi connectivity index (χ0n) is 12.9. The number of fused-ring (bicyclic) bond motifs is 1. The molecule has 110 valence electrons. The summed E-state index contributed by atoms with van der Waals surface area (Å²) >= 11 is 0. The van der Waals surface area contributed by atoms with Crippen LogP contribution in [0.3, 0.4) is 0 Å². The number of nitrogens with one attached hydrogen (secondary N) is 1. The van der Waals surface area contributed by atoms with Gasteiger partial charge in [-0.1, -0.05) is 23.8 Å². The molecular weight excluding hydrogens is 248 g/mol. The van der Waals surface area contributed by atoms with Crippen LogP contribution < -0.4 is 5.32 Å². The summed E-state index contributed by atoms with van der Waals surface area (Å²) in [6.45, 7) is 8.59. The number of carbonyl (C=O) groups is 1. The van der Waals surface area contributed by atoms with Crippen LogP contribution in [-0.2, 0) is 11.2 Å². The molecular formula is C17H26N2O. The summed E-state index contributed by atoms with van der Waals surface area (Å²) in [7, 11) is 0. The molecule has 1 aliphatic carbocycles. The Balaban J connectivity index is 1.85. The van der Waals surface area contributed by atoms with Gasteiger partial charge in [0.1, 0.15) is 0 Å². The number of amides is 1. The highest BCUT2D eigenvalue weighted by Crippen LogP contribution is 2.31. The second kappa shape index (κ2) is 6.89. The molecule has 3 heteroatoms. The Morgan fingerprint density at radius 2 is 2.10 bits per heavy atom. The molecule has 0 bridgehead atoms. The second-order valence-corrected chi connectivity index (χ2v) is 5.56. The van der Waals surface area contributed by atoms with E-state index in [1.165, 1.54) is 16.7 Å². The largest absolute Gasteiger partial charge is 0.343 e. The highest BCUT2D eigenvalue weighted by atomic mass is 16.2. The van der Waals surface area contributed by atoms with Crippen molar-refractivity contribution in [2.24, 2.45) is 0 Å². The lowest BCUT2D eigenvalue weighted by Crippen LogP contribution is -2.33. The van der Waals surface area contributed by atoms with Crippen molar-refractivity contribution in [3.63, 3.8) is 0 Å². The van der Waals surface area contributed by atoms with E-state index in [4.69, 9.17) is 0 Å². The fraction of sp³-hybridized carbons (Fsp3) is 0.588. The summed E-state index contributed by atoms with van der Waals surface area (Å²) in [5.74, 6) is 0.255. The van der Waals surface area contributed by atoms with Gasteiger partial charge in [-0.15, -0.1) is 0 Å². The summed E-state index contributed by atoms with van der Waals surface area (Å²) in [4.78, 5) is 13.9. The third-order valence-electron chi connectivity index (χ3n) is 4.22. The standard InChI is InChI=1S/C17H26N2O/c1-4-19(5-2)17(20)10-11-18-16-9-8-14-7-6-13(3)12-15(14)16/h6-7,12,16,18H,4-5,8-11H2,1-3H3. The van der Waals surface area contributed by atoms with E-state index in [1.54, 1.807) is 0 Å². The minimum Gasteiger partial charge on any atom is -0.343 e. The predicted molar refractivity (Wildman–Crippen MR) is 82.8 cm³/mol. The highest BCUT2D eigenvalue weighted by Gasteiger charge is 2.22. The molecule has 3 nitrogen and oxygen atoms in total. The van der Waals surface area contributed by atoms with Crippen LogP contribution in [0.5, 0.6) is 0 Å². The smallest absolute Gasteiger partial charge is 0.223 e. The van der Waals surface area contributed by atoms with Crippen molar-refractivity contribution in [3.8, 4) is 0 Å². The zero-order valence-corrected chi connectivity index (χ0v) is 12.9. The van der Waals surface area contributed by atoms with Crippen LogP contribution in [-0.4, -0.2) is 30.4 Å². The van der Waals surface area contributed by atoms with Crippen molar-refractivity contribution in [2.45, 2.75) is 46.1 Å². The lowest BCUT2D eigenvalue weighted by molar-refractivity contribution is -0.130. The molecule has 1 aliphatic rings. The maximum atomic E-state index is 12.0. The average molecular weight is 274 g/mol. The van der Waals surface area contributed by atoms with Crippen LogP contribution >= 0.6 is 0 Å². The van der Waals surface area contributed by atoms with Gasteiger partial charge in [0.25, 0.3) is 0 Å². The van der Waals surface area contributed by atoms with Crippen LogP contribution in [0, 0.1) is 6.92 Å². The van der Waals surface area contributed by atoms with Crippen molar-refractivity contribution in [1.29, 1.82) is 0 Å². The lowest BCUT2D eigenvalue weighted by Gasteiger charge is -2.20. The van der Waals surface area contributed by atoms with Crippen molar-refractivity contribution in [1.82, 2.24) is 10.2 Å². The molecule has 0 heterocycles. The molecule has 0 saturated heterocycles. The molecule has 1 unspecified atom stereocenters. The third kappa shape index (κ3) is 3.40. The van der Waals surface area contributed by atoms with E-state index in [-0.39, 0.29) is 5.91 Å². The van der Waals surface area contributed by atoms with Gasteiger partial charge < -0.3 is 10.2 Å². The lowest BCUT2D eigenvalue weighted by atomic mass is 10.1. The second-order valence-electron chi connectivity index (χ2n) is 5.56. The van der Waals surface area contributed by atoms with Gasteiger partial charge in [0, 0.05) is 32.1 Å². The molecule has 1 amide bonds. The topological polar surface area (TPSA) is 32.3 Å². The SMILES string of the molecule is CCN(CC)C(=O)CCNC1CCc2ccc(C)cc21. The Bertz CT molecular complexity index is 466.